The molecule has 1 N–H and O–H groups in total. The number of halogens is 3. The molecule has 0 bridgehead atoms. The van der Waals surface area contributed by atoms with Gasteiger partial charge in [0, 0.05) is 0 Å². The number of rotatable bonds is 2. The van der Waals surface area contributed by atoms with Crippen LogP contribution in [0.25, 0.3) is 0 Å². The SMILES string of the molecule is CC(C)OC(=O)C(O)C(F)(F)F. The summed E-state index contributed by atoms with van der Waals surface area (Å²) in [6, 6.07) is 0. The summed E-state index contributed by atoms with van der Waals surface area (Å²) in [5.41, 5.74) is 0. The Hall–Kier alpha value is -0.780. The molecule has 0 amide bonds. The topological polar surface area (TPSA) is 46.5 Å². The highest BCUT2D eigenvalue weighted by Crippen LogP contribution is 2.21. The number of carbonyl (C=O) groups is 1. The summed E-state index contributed by atoms with van der Waals surface area (Å²) in [6.45, 7) is 2.78. The van der Waals surface area contributed by atoms with Crippen molar-refractivity contribution >= 4 is 5.97 Å². The van der Waals surface area contributed by atoms with E-state index >= 15 is 0 Å². The zero-order valence-electron chi connectivity index (χ0n) is 6.55. The second-order valence-corrected chi connectivity index (χ2v) is 2.43. The van der Waals surface area contributed by atoms with Gasteiger partial charge in [0.25, 0.3) is 0 Å². The molecule has 0 heterocycles. The summed E-state index contributed by atoms with van der Waals surface area (Å²) in [5.74, 6) is -1.67. The monoisotopic (exact) mass is 186 g/mol. The third-order valence-corrected chi connectivity index (χ3v) is 0.885. The smallest absolute Gasteiger partial charge is 0.425 e. The Balaban J connectivity index is 4.12. The first-order valence-corrected chi connectivity index (χ1v) is 3.20. The Bertz CT molecular complexity index is 164. The fourth-order valence-electron chi connectivity index (χ4n) is 0.430. The van der Waals surface area contributed by atoms with Crippen LogP contribution in [0.2, 0.25) is 0 Å². The summed E-state index contributed by atoms with van der Waals surface area (Å²) < 4.78 is 38.9. The Labute approximate surface area is 67.1 Å². The Morgan fingerprint density at radius 3 is 2.08 bits per heavy atom. The van der Waals surface area contributed by atoms with E-state index in [0.29, 0.717) is 0 Å². The van der Waals surface area contributed by atoms with Crippen LogP contribution in [-0.4, -0.2) is 29.5 Å². The van der Waals surface area contributed by atoms with Crippen LogP contribution in [0, 0.1) is 0 Å². The molecular weight excluding hydrogens is 177 g/mol. The third kappa shape index (κ3) is 3.56. The van der Waals surface area contributed by atoms with Crippen LogP contribution >= 0.6 is 0 Å². The number of hydrogen-bond donors (Lipinski definition) is 1. The van der Waals surface area contributed by atoms with E-state index in [0.717, 1.165) is 0 Å². The van der Waals surface area contributed by atoms with Gasteiger partial charge in [-0.2, -0.15) is 13.2 Å². The fourth-order valence-corrected chi connectivity index (χ4v) is 0.430. The first kappa shape index (κ1) is 11.2. The number of aliphatic hydroxyl groups excluding tert-OH is 1. The molecule has 0 radical (unpaired) electrons. The molecular formula is C6H9F3O3. The molecule has 0 rings (SSSR count). The lowest BCUT2D eigenvalue weighted by molar-refractivity contribution is -0.219. The number of hydrogen-bond acceptors (Lipinski definition) is 3. The van der Waals surface area contributed by atoms with Gasteiger partial charge in [-0.25, -0.2) is 4.79 Å². The minimum Gasteiger partial charge on any atom is -0.461 e. The molecule has 0 aliphatic heterocycles. The van der Waals surface area contributed by atoms with Crippen molar-refractivity contribution in [3.63, 3.8) is 0 Å². The van der Waals surface area contributed by atoms with Crippen LogP contribution in [0.4, 0.5) is 13.2 Å². The van der Waals surface area contributed by atoms with Gasteiger partial charge in [0.2, 0.25) is 6.10 Å². The van der Waals surface area contributed by atoms with Gasteiger partial charge in [-0.3, -0.25) is 0 Å². The highest BCUT2D eigenvalue weighted by molar-refractivity contribution is 5.75. The number of ether oxygens (including phenoxy) is 1. The maximum atomic E-state index is 11.6. The molecule has 6 heteroatoms. The van der Waals surface area contributed by atoms with Crippen molar-refractivity contribution in [3.8, 4) is 0 Å². The average Bonchev–Trinajstić information content (AvgIpc) is 1.82. The lowest BCUT2D eigenvalue weighted by atomic mass is 10.3. The fraction of sp³-hybridized carbons (Fsp3) is 0.833. The molecule has 1 unspecified atom stereocenters. The molecule has 0 saturated carbocycles. The highest BCUT2D eigenvalue weighted by atomic mass is 19.4. The molecule has 72 valence electrons. The molecule has 12 heavy (non-hydrogen) atoms. The van der Waals surface area contributed by atoms with E-state index in [-0.39, 0.29) is 0 Å². The molecule has 0 saturated heterocycles. The predicted octanol–water partition coefficient (Wildman–Crippen LogP) is 0.861. The summed E-state index contributed by atoms with van der Waals surface area (Å²) in [7, 11) is 0. The largest absolute Gasteiger partial charge is 0.461 e. The van der Waals surface area contributed by atoms with E-state index < -0.39 is 24.4 Å². The van der Waals surface area contributed by atoms with Crippen molar-refractivity contribution in [1.82, 2.24) is 0 Å². The van der Waals surface area contributed by atoms with E-state index in [9.17, 15) is 18.0 Å². The van der Waals surface area contributed by atoms with E-state index in [4.69, 9.17) is 5.11 Å². The average molecular weight is 186 g/mol. The maximum absolute atomic E-state index is 11.6. The molecule has 0 fully saturated rings. The van der Waals surface area contributed by atoms with Gasteiger partial charge in [0.15, 0.2) is 0 Å². The van der Waals surface area contributed by atoms with Gasteiger partial charge >= 0.3 is 12.1 Å². The van der Waals surface area contributed by atoms with Crippen molar-refractivity contribution in [1.29, 1.82) is 0 Å². The van der Waals surface area contributed by atoms with Crippen LogP contribution in [0.1, 0.15) is 13.8 Å². The van der Waals surface area contributed by atoms with Gasteiger partial charge in [0.05, 0.1) is 6.10 Å². The minimum absolute atomic E-state index is 0.672. The number of alkyl halides is 3. The van der Waals surface area contributed by atoms with Crippen LogP contribution in [0.3, 0.4) is 0 Å². The lowest BCUT2D eigenvalue weighted by Crippen LogP contribution is -2.38. The second-order valence-electron chi connectivity index (χ2n) is 2.43. The Morgan fingerprint density at radius 1 is 1.42 bits per heavy atom. The van der Waals surface area contributed by atoms with Crippen LogP contribution < -0.4 is 0 Å². The predicted molar refractivity (Wildman–Crippen MR) is 33.3 cm³/mol. The lowest BCUT2D eigenvalue weighted by Gasteiger charge is -2.14. The molecule has 0 aliphatic rings. The number of aliphatic hydroxyl groups is 1. The normalized spacial score (nSPS) is 14.6. The Morgan fingerprint density at radius 2 is 1.83 bits per heavy atom. The van der Waals surface area contributed by atoms with Crippen molar-refractivity contribution in [2.45, 2.75) is 32.2 Å². The molecule has 3 nitrogen and oxygen atoms in total. The third-order valence-electron chi connectivity index (χ3n) is 0.885. The van der Waals surface area contributed by atoms with Crippen molar-refractivity contribution in [2.75, 3.05) is 0 Å². The highest BCUT2D eigenvalue weighted by Gasteiger charge is 2.45. The van der Waals surface area contributed by atoms with Gasteiger partial charge in [-0.1, -0.05) is 0 Å². The molecule has 0 aromatic heterocycles. The first-order valence-electron chi connectivity index (χ1n) is 3.20. The standard InChI is InChI=1S/C6H9F3O3/c1-3(2)12-5(11)4(10)6(7,8)9/h3-4,10H,1-2H3. The van der Waals surface area contributed by atoms with E-state index in [1.807, 2.05) is 0 Å². The van der Waals surface area contributed by atoms with Crippen molar-refractivity contribution < 1.29 is 27.8 Å². The van der Waals surface area contributed by atoms with Crippen LogP contribution in [-0.2, 0) is 9.53 Å². The van der Waals surface area contributed by atoms with E-state index in [1.165, 1.54) is 13.8 Å². The summed E-state index contributed by atoms with van der Waals surface area (Å²) in [4.78, 5) is 10.4. The second kappa shape index (κ2) is 3.75. The quantitative estimate of drug-likeness (QED) is 0.650. The maximum Gasteiger partial charge on any atom is 0.425 e. The summed E-state index contributed by atoms with van der Waals surface area (Å²) >= 11 is 0. The van der Waals surface area contributed by atoms with Crippen LogP contribution in [0.15, 0.2) is 0 Å². The summed E-state index contributed by atoms with van der Waals surface area (Å²) in [5, 5.41) is 8.30. The molecule has 0 aromatic rings. The zero-order chi connectivity index (χ0) is 9.94. The van der Waals surface area contributed by atoms with Gasteiger partial charge in [0.1, 0.15) is 0 Å². The van der Waals surface area contributed by atoms with Crippen LogP contribution in [0.5, 0.6) is 0 Å². The number of esters is 1. The van der Waals surface area contributed by atoms with E-state index in [2.05, 4.69) is 4.74 Å². The molecule has 0 aromatic carbocycles. The van der Waals surface area contributed by atoms with Crippen molar-refractivity contribution in [3.05, 3.63) is 0 Å². The molecule has 0 aliphatic carbocycles. The molecule has 0 spiro atoms. The van der Waals surface area contributed by atoms with Gasteiger partial charge in [-0.05, 0) is 13.8 Å². The zero-order valence-corrected chi connectivity index (χ0v) is 6.55. The van der Waals surface area contributed by atoms with Crippen molar-refractivity contribution in [2.24, 2.45) is 0 Å². The minimum atomic E-state index is -4.95. The summed E-state index contributed by atoms with van der Waals surface area (Å²) in [6.07, 6.45) is -8.67. The van der Waals surface area contributed by atoms with Gasteiger partial charge in [-0.15, -0.1) is 0 Å². The Kier molecular flexibility index (Phi) is 3.51. The first-order chi connectivity index (χ1) is 5.25. The van der Waals surface area contributed by atoms with E-state index in [1.54, 1.807) is 0 Å². The molecule has 1 atom stereocenters. The number of carbonyl (C=O) groups excluding carboxylic acids is 1. The van der Waals surface area contributed by atoms with Gasteiger partial charge < -0.3 is 9.84 Å².